The van der Waals surface area contributed by atoms with Crippen LogP contribution in [0.4, 0.5) is 13.2 Å². The smallest absolute Gasteiger partial charge is 0.298 e. The second-order valence-electron chi connectivity index (χ2n) is 3.48. The lowest BCUT2D eigenvalue weighted by Crippen LogP contribution is -2.07. The Bertz CT molecular complexity index is 448. The van der Waals surface area contributed by atoms with Crippen LogP contribution in [0.3, 0.4) is 0 Å². The number of benzene rings is 1. The fourth-order valence-corrected chi connectivity index (χ4v) is 2.69. The number of halogens is 5. The zero-order chi connectivity index (χ0) is 13.9. The first-order valence-corrected chi connectivity index (χ1v) is 6.63. The van der Waals surface area contributed by atoms with Crippen molar-refractivity contribution in [2.75, 3.05) is 0 Å². The Morgan fingerprint density at radius 2 is 2.06 bits per heavy atom. The molecule has 1 rings (SSSR count). The molecule has 18 heavy (non-hydrogen) atoms. The lowest BCUT2D eigenvalue weighted by atomic mass is 10.0. The molecule has 0 saturated carbocycles. The summed E-state index contributed by atoms with van der Waals surface area (Å²) in [5, 5.41) is -0.979. The third-order valence-electron chi connectivity index (χ3n) is 2.16. The molecule has 0 aliphatic heterocycles. The molecular formula is C11H9Cl2F3OS. The van der Waals surface area contributed by atoms with Crippen molar-refractivity contribution in [2.24, 2.45) is 0 Å². The molecule has 0 aliphatic rings. The van der Waals surface area contributed by atoms with Gasteiger partial charge >= 0.3 is 5.51 Å². The van der Waals surface area contributed by atoms with Crippen LogP contribution in [0.1, 0.15) is 23.4 Å². The molecule has 1 atom stereocenters. The van der Waals surface area contributed by atoms with Crippen LogP contribution in [0.5, 0.6) is 0 Å². The number of alkyl halides is 5. The molecule has 0 saturated heterocycles. The van der Waals surface area contributed by atoms with E-state index in [-0.39, 0.29) is 33.9 Å². The summed E-state index contributed by atoms with van der Waals surface area (Å²) in [5.41, 5.74) is -3.83. The van der Waals surface area contributed by atoms with Gasteiger partial charge in [-0.2, -0.15) is 13.2 Å². The van der Waals surface area contributed by atoms with Crippen LogP contribution in [-0.4, -0.2) is 11.3 Å². The van der Waals surface area contributed by atoms with E-state index < -0.39 is 10.9 Å². The summed E-state index contributed by atoms with van der Waals surface area (Å²) in [7, 11) is 0. The summed E-state index contributed by atoms with van der Waals surface area (Å²) in [6.07, 6.45) is 0. The van der Waals surface area contributed by atoms with Gasteiger partial charge < -0.3 is 0 Å². The van der Waals surface area contributed by atoms with E-state index in [4.69, 9.17) is 23.2 Å². The second-order valence-corrected chi connectivity index (χ2v) is 5.29. The molecule has 0 N–H and O–H groups in total. The van der Waals surface area contributed by atoms with Gasteiger partial charge in [0.15, 0.2) is 5.78 Å². The van der Waals surface area contributed by atoms with Crippen molar-refractivity contribution in [3.63, 3.8) is 0 Å². The molecule has 7 heteroatoms. The average Bonchev–Trinajstić information content (AvgIpc) is 2.25. The highest BCUT2D eigenvalue weighted by Gasteiger charge is 2.31. The van der Waals surface area contributed by atoms with Crippen LogP contribution in [0.15, 0.2) is 23.1 Å². The van der Waals surface area contributed by atoms with Gasteiger partial charge in [0.2, 0.25) is 0 Å². The summed E-state index contributed by atoms with van der Waals surface area (Å²) < 4.78 is 37.1. The van der Waals surface area contributed by atoms with E-state index in [2.05, 4.69) is 0 Å². The van der Waals surface area contributed by atoms with Gasteiger partial charge in [-0.05, 0) is 35.9 Å². The number of carbonyl (C=O) groups excluding carboxylic acids is 1. The van der Waals surface area contributed by atoms with Crippen molar-refractivity contribution in [2.45, 2.75) is 28.6 Å². The van der Waals surface area contributed by atoms with Crippen LogP contribution in [0.2, 0.25) is 0 Å². The van der Waals surface area contributed by atoms with E-state index in [9.17, 15) is 18.0 Å². The SMILES string of the molecule is CC(=O)C(Cl)c1cccc(SC(F)(F)F)c1CCl. The van der Waals surface area contributed by atoms with Gasteiger partial charge in [-0.25, -0.2) is 0 Å². The third kappa shape index (κ3) is 4.07. The molecule has 0 bridgehead atoms. The predicted octanol–water partition coefficient (Wildman–Crippen LogP) is 4.91. The maximum atomic E-state index is 12.4. The Balaban J connectivity index is 3.22. The Labute approximate surface area is 117 Å². The lowest BCUT2D eigenvalue weighted by molar-refractivity contribution is -0.116. The highest BCUT2D eigenvalue weighted by atomic mass is 35.5. The number of thioether (sulfide) groups is 1. The minimum absolute atomic E-state index is 0.0260. The van der Waals surface area contributed by atoms with E-state index in [0.717, 1.165) is 0 Å². The first-order chi connectivity index (χ1) is 8.26. The van der Waals surface area contributed by atoms with Gasteiger partial charge in [0.1, 0.15) is 5.38 Å². The second kappa shape index (κ2) is 6.17. The highest BCUT2D eigenvalue weighted by molar-refractivity contribution is 8.00. The van der Waals surface area contributed by atoms with Crippen LogP contribution in [-0.2, 0) is 10.7 Å². The number of hydrogen-bond donors (Lipinski definition) is 0. The summed E-state index contributed by atoms with van der Waals surface area (Å²) in [6.45, 7) is 1.28. The monoisotopic (exact) mass is 316 g/mol. The molecule has 0 fully saturated rings. The molecule has 0 spiro atoms. The topological polar surface area (TPSA) is 17.1 Å². The Hall–Kier alpha value is -0.390. The van der Waals surface area contributed by atoms with Crippen LogP contribution in [0, 0.1) is 0 Å². The summed E-state index contributed by atoms with van der Waals surface area (Å²) in [5.74, 6) is -0.470. The average molecular weight is 317 g/mol. The third-order valence-corrected chi connectivity index (χ3v) is 3.80. The van der Waals surface area contributed by atoms with Crippen LogP contribution < -0.4 is 0 Å². The van der Waals surface area contributed by atoms with Gasteiger partial charge in [-0.15, -0.1) is 23.2 Å². The number of rotatable bonds is 4. The van der Waals surface area contributed by atoms with Crippen LogP contribution in [0.25, 0.3) is 0 Å². The molecule has 1 aromatic carbocycles. The van der Waals surface area contributed by atoms with Crippen LogP contribution >= 0.6 is 35.0 Å². The van der Waals surface area contributed by atoms with E-state index in [1.807, 2.05) is 0 Å². The molecule has 1 nitrogen and oxygen atoms in total. The lowest BCUT2D eigenvalue weighted by Gasteiger charge is -2.15. The summed E-state index contributed by atoms with van der Waals surface area (Å²) >= 11 is 11.3. The van der Waals surface area contributed by atoms with Crippen molar-refractivity contribution >= 4 is 40.7 Å². The minimum atomic E-state index is -4.41. The van der Waals surface area contributed by atoms with E-state index in [1.54, 1.807) is 0 Å². The molecule has 0 aromatic heterocycles. The van der Waals surface area contributed by atoms with Crippen molar-refractivity contribution in [1.29, 1.82) is 0 Å². The normalized spacial score (nSPS) is 13.4. The number of carbonyl (C=O) groups is 1. The molecule has 1 unspecified atom stereocenters. The van der Waals surface area contributed by atoms with Gasteiger partial charge in [-0.3, -0.25) is 4.79 Å². The zero-order valence-electron chi connectivity index (χ0n) is 9.22. The molecule has 100 valence electrons. The molecule has 1 aromatic rings. The zero-order valence-corrected chi connectivity index (χ0v) is 11.6. The minimum Gasteiger partial charge on any atom is -0.298 e. The quantitative estimate of drug-likeness (QED) is 0.580. The number of Topliss-reactive ketones (excluding diaryl/α,β-unsaturated/α-hetero) is 1. The number of ketones is 1. The molecule has 0 aliphatic carbocycles. The Morgan fingerprint density at radius 1 is 1.44 bits per heavy atom. The molecule has 0 amide bonds. The largest absolute Gasteiger partial charge is 0.446 e. The van der Waals surface area contributed by atoms with Gasteiger partial charge in [0, 0.05) is 10.8 Å². The molecular weight excluding hydrogens is 308 g/mol. The summed E-state index contributed by atoms with van der Waals surface area (Å²) in [4.78, 5) is 11.2. The molecule has 0 heterocycles. The fourth-order valence-electron chi connectivity index (χ4n) is 1.40. The Morgan fingerprint density at radius 3 is 2.50 bits per heavy atom. The van der Waals surface area contributed by atoms with Crippen molar-refractivity contribution in [3.8, 4) is 0 Å². The van der Waals surface area contributed by atoms with Crippen molar-refractivity contribution in [3.05, 3.63) is 29.3 Å². The fraction of sp³-hybridized carbons (Fsp3) is 0.364. The van der Waals surface area contributed by atoms with E-state index in [1.165, 1.54) is 25.1 Å². The van der Waals surface area contributed by atoms with E-state index in [0.29, 0.717) is 5.56 Å². The maximum absolute atomic E-state index is 12.4. The maximum Gasteiger partial charge on any atom is 0.446 e. The standard InChI is InChI=1S/C11H9Cl2F3OS/c1-6(17)10(13)7-3-2-4-9(8(7)5-12)18-11(14,15)16/h2-4,10H,5H2,1H3. The van der Waals surface area contributed by atoms with Crippen molar-refractivity contribution in [1.82, 2.24) is 0 Å². The Kier molecular flexibility index (Phi) is 5.37. The van der Waals surface area contributed by atoms with Crippen molar-refractivity contribution < 1.29 is 18.0 Å². The first kappa shape index (κ1) is 15.7. The number of hydrogen-bond acceptors (Lipinski definition) is 2. The highest BCUT2D eigenvalue weighted by Crippen LogP contribution is 2.41. The van der Waals surface area contributed by atoms with E-state index >= 15 is 0 Å². The van der Waals surface area contributed by atoms with Gasteiger partial charge in [0.25, 0.3) is 0 Å². The first-order valence-electron chi connectivity index (χ1n) is 4.84. The summed E-state index contributed by atoms with van der Waals surface area (Å²) in [6, 6.07) is 4.25. The predicted molar refractivity (Wildman–Crippen MR) is 67.2 cm³/mol. The molecule has 0 radical (unpaired) electrons. The van der Waals surface area contributed by atoms with Gasteiger partial charge in [0.05, 0.1) is 0 Å². The van der Waals surface area contributed by atoms with Gasteiger partial charge in [-0.1, -0.05) is 12.1 Å².